The van der Waals surface area contributed by atoms with E-state index in [1.807, 2.05) is 30.3 Å². The van der Waals surface area contributed by atoms with Crippen LogP contribution in [-0.2, 0) is 29.0 Å². The summed E-state index contributed by atoms with van der Waals surface area (Å²) >= 11 is 0. The van der Waals surface area contributed by atoms with E-state index in [9.17, 15) is 46.5 Å². The third kappa shape index (κ3) is 10.7. The number of rotatable bonds is 12. The highest BCUT2D eigenvalue weighted by atomic mass is 19.2. The van der Waals surface area contributed by atoms with Gasteiger partial charge >= 0.3 is 17.9 Å². The molecule has 2 fully saturated rings. The number of aromatic amines is 2. The number of carboxylic acids is 2. The fourth-order valence-corrected chi connectivity index (χ4v) is 9.33. The second-order valence-corrected chi connectivity index (χ2v) is 17.4. The fourth-order valence-electron chi connectivity index (χ4n) is 9.33. The van der Waals surface area contributed by atoms with Gasteiger partial charge in [-0.3, -0.25) is 4.79 Å². The number of H-pyrrole nitrogens is 2. The summed E-state index contributed by atoms with van der Waals surface area (Å²) in [6.07, 6.45) is 9.72. The first-order chi connectivity index (χ1) is 32.6. The Morgan fingerprint density at radius 2 is 1.13 bits per heavy atom. The number of aromatic carboxylic acids is 2. The molecule has 4 heterocycles. The molecule has 6 N–H and O–H groups in total. The molecule has 4 aromatic heterocycles. The van der Waals surface area contributed by atoms with Crippen LogP contribution in [0.5, 0.6) is 0 Å². The number of aromatic nitrogens is 6. The van der Waals surface area contributed by atoms with E-state index in [1.165, 1.54) is 12.4 Å². The Bertz CT molecular complexity index is 3020. The molecule has 9 rings (SSSR count). The quantitative estimate of drug-likeness (QED) is 0.0575. The minimum absolute atomic E-state index is 0.00650. The van der Waals surface area contributed by atoms with Gasteiger partial charge in [0, 0.05) is 58.9 Å². The molecule has 0 spiro atoms. The highest BCUT2D eigenvalue weighted by Gasteiger charge is 2.30. The van der Waals surface area contributed by atoms with E-state index in [4.69, 9.17) is 10.5 Å². The predicted molar refractivity (Wildman–Crippen MR) is 236 cm³/mol. The number of nitrogens with zero attached hydrogens (tertiary/aromatic N) is 4. The second-order valence-electron chi connectivity index (χ2n) is 17.4. The fraction of sp³-hybridized carbons (Fsp3) is 0.327. The molecule has 0 radical (unpaired) electrons. The second kappa shape index (κ2) is 20.4. The summed E-state index contributed by atoms with van der Waals surface area (Å²) in [4.78, 5) is 57.3. The van der Waals surface area contributed by atoms with Gasteiger partial charge in [0.05, 0.1) is 22.4 Å². The Morgan fingerprint density at radius 1 is 0.647 bits per heavy atom. The van der Waals surface area contributed by atoms with Crippen LogP contribution in [0.2, 0.25) is 0 Å². The summed E-state index contributed by atoms with van der Waals surface area (Å²) < 4.78 is 91.2. The van der Waals surface area contributed by atoms with E-state index in [1.54, 1.807) is 0 Å². The summed E-state index contributed by atoms with van der Waals surface area (Å²) in [5, 5.41) is 19.2. The van der Waals surface area contributed by atoms with Gasteiger partial charge in [0.15, 0.2) is 34.7 Å². The van der Waals surface area contributed by atoms with Gasteiger partial charge in [-0.1, -0.05) is 49.6 Å². The third-order valence-electron chi connectivity index (χ3n) is 12.5. The SMILES string of the molecule is N[C@H]1CCC[C@@H](Cc2nc(-c3c[nH]c4c(F)cc(F)cc34)nc(C(=O)O)c2F)C1.O=C(C[C@H]1CCC[C@@H](Cc2nc(-c3c[nH]c4c(F)cc(F)cc34)nc(C(=O)O)c2F)C1)OCc1ccccc1. The number of ether oxygens (including phenoxy) is 1. The van der Waals surface area contributed by atoms with Crippen molar-refractivity contribution in [3.05, 3.63) is 130 Å². The van der Waals surface area contributed by atoms with E-state index in [2.05, 4.69) is 29.9 Å². The number of hydrogen-bond acceptors (Lipinski definition) is 9. The Labute approximate surface area is 384 Å². The van der Waals surface area contributed by atoms with E-state index in [0.717, 1.165) is 68.4 Å². The molecule has 68 heavy (non-hydrogen) atoms. The van der Waals surface area contributed by atoms with Gasteiger partial charge in [0.2, 0.25) is 0 Å². The van der Waals surface area contributed by atoms with E-state index >= 15 is 4.39 Å². The van der Waals surface area contributed by atoms with Gasteiger partial charge in [-0.2, -0.15) is 0 Å². The first-order valence-electron chi connectivity index (χ1n) is 22.1. The summed E-state index contributed by atoms with van der Waals surface area (Å²) in [5.41, 5.74) is 5.61. The zero-order valence-electron chi connectivity index (χ0n) is 36.3. The van der Waals surface area contributed by atoms with E-state index < -0.39 is 58.2 Å². The van der Waals surface area contributed by atoms with Crippen molar-refractivity contribution < 1.29 is 55.7 Å². The maximum atomic E-state index is 15.2. The molecule has 19 heteroatoms. The number of nitrogens with one attached hydrogen (secondary N) is 2. The van der Waals surface area contributed by atoms with Crippen LogP contribution in [-0.4, -0.2) is 64.1 Å². The minimum Gasteiger partial charge on any atom is -0.476 e. The normalized spacial score (nSPS) is 18.3. The number of carboxylic acid groups (broad SMARTS) is 2. The molecule has 0 amide bonds. The Balaban J connectivity index is 0.000000192. The minimum atomic E-state index is -1.57. The van der Waals surface area contributed by atoms with Crippen LogP contribution in [0, 0.1) is 52.7 Å². The zero-order valence-corrected chi connectivity index (χ0v) is 36.3. The molecule has 354 valence electrons. The zero-order chi connectivity index (χ0) is 48.2. The van der Waals surface area contributed by atoms with Crippen molar-refractivity contribution in [3.63, 3.8) is 0 Å². The molecule has 2 saturated carbocycles. The molecule has 2 aliphatic carbocycles. The van der Waals surface area contributed by atoms with Crippen LogP contribution < -0.4 is 5.73 Å². The standard InChI is InChI=1S/C29H26F3N3O4.C20H19F3N4O2/c30-19-12-20-21(14-33-26(20)22(31)13-19)28-34-23(25(32)27(35-28)29(37)38)10-17-7-4-8-18(9-17)11-24(36)39-15-16-5-2-1-3-6-16;21-10-6-12-13(8-25-17(12)14(22)7-10)19-26-15(16(23)18(27-19)20(28)29)5-9-2-1-3-11(24)4-9/h1-3,5-6,12-14,17-18,33H,4,7-11,15H2,(H,37,38);6-9,11,25H,1-5,24H2,(H,28,29)/t17-,18+;9-,11+/m11/s1. The molecule has 0 saturated heterocycles. The highest BCUT2D eigenvalue weighted by molar-refractivity contribution is 5.96. The number of carbonyl (C=O) groups is 3. The molecule has 0 bridgehead atoms. The number of fused-ring (bicyclic) bond motifs is 2. The van der Waals surface area contributed by atoms with Crippen molar-refractivity contribution in [1.29, 1.82) is 0 Å². The first kappa shape index (κ1) is 47.3. The van der Waals surface area contributed by atoms with Gasteiger partial charge in [0.25, 0.3) is 0 Å². The number of halogens is 6. The Kier molecular flexibility index (Phi) is 14.2. The smallest absolute Gasteiger partial charge is 0.357 e. The van der Waals surface area contributed by atoms with Gasteiger partial charge in [0.1, 0.15) is 29.9 Å². The monoisotopic (exact) mass is 941 g/mol. The maximum absolute atomic E-state index is 15.2. The number of carbonyl (C=O) groups excluding carboxylic acids is 1. The summed E-state index contributed by atoms with van der Waals surface area (Å²) in [5.74, 6) is -8.83. The number of esters is 1. The lowest BCUT2D eigenvalue weighted by Gasteiger charge is -2.28. The molecule has 13 nitrogen and oxygen atoms in total. The number of hydrogen-bond donors (Lipinski definition) is 5. The van der Waals surface area contributed by atoms with Crippen molar-refractivity contribution in [3.8, 4) is 22.8 Å². The molecule has 0 unspecified atom stereocenters. The van der Waals surface area contributed by atoms with Crippen molar-refractivity contribution in [2.45, 2.75) is 83.3 Å². The van der Waals surface area contributed by atoms with E-state index in [0.29, 0.717) is 12.8 Å². The van der Waals surface area contributed by atoms with Gasteiger partial charge in [-0.05, 0) is 80.4 Å². The molecular formula is C49H45F6N7O6. The number of benzene rings is 3. The molecular weight excluding hydrogens is 897 g/mol. The van der Waals surface area contributed by atoms with Crippen LogP contribution in [0.1, 0.15) is 95.7 Å². The lowest BCUT2D eigenvalue weighted by Crippen LogP contribution is -2.29. The third-order valence-corrected chi connectivity index (χ3v) is 12.5. The lowest BCUT2D eigenvalue weighted by atomic mass is 9.78. The van der Waals surface area contributed by atoms with Crippen LogP contribution in [0.15, 0.2) is 67.0 Å². The van der Waals surface area contributed by atoms with Crippen molar-refractivity contribution in [1.82, 2.24) is 29.9 Å². The maximum Gasteiger partial charge on any atom is 0.357 e. The van der Waals surface area contributed by atoms with Crippen LogP contribution in [0.25, 0.3) is 44.6 Å². The lowest BCUT2D eigenvalue weighted by molar-refractivity contribution is -0.146. The predicted octanol–water partition coefficient (Wildman–Crippen LogP) is 10.0. The molecule has 2 aliphatic rings. The van der Waals surface area contributed by atoms with Gasteiger partial charge < -0.3 is 30.7 Å². The average Bonchev–Trinajstić information content (AvgIpc) is 3.93. The van der Waals surface area contributed by atoms with Crippen molar-refractivity contribution >= 4 is 39.7 Å². The summed E-state index contributed by atoms with van der Waals surface area (Å²) in [6, 6.07) is 13.0. The average molecular weight is 942 g/mol. The number of nitrogens with two attached hydrogens (primary N) is 1. The van der Waals surface area contributed by atoms with Crippen LogP contribution in [0.4, 0.5) is 26.3 Å². The molecule has 7 aromatic rings. The summed E-state index contributed by atoms with van der Waals surface area (Å²) in [7, 11) is 0. The van der Waals surface area contributed by atoms with E-state index in [-0.39, 0.29) is 112 Å². The van der Waals surface area contributed by atoms with Gasteiger partial charge in [-0.25, -0.2) is 55.9 Å². The largest absolute Gasteiger partial charge is 0.476 e. The van der Waals surface area contributed by atoms with Crippen molar-refractivity contribution in [2.24, 2.45) is 23.5 Å². The van der Waals surface area contributed by atoms with Gasteiger partial charge in [-0.15, -0.1) is 0 Å². The van der Waals surface area contributed by atoms with Crippen LogP contribution >= 0.6 is 0 Å². The van der Waals surface area contributed by atoms with Crippen molar-refractivity contribution in [2.75, 3.05) is 0 Å². The molecule has 0 aliphatic heterocycles. The Morgan fingerprint density at radius 3 is 1.63 bits per heavy atom. The first-order valence-corrected chi connectivity index (χ1v) is 22.1. The van der Waals surface area contributed by atoms with Crippen LogP contribution in [0.3, 0.4) is 0 Å². The molecule has 4 atom stereocenters. The summed E-state index contributed by atoms with van der Waals surface area (Å²) in [6.45, 7) is 0.199. The topological polar surface area (TPSA) is 210 Å². The highest BCUT2D eigenvalue weighted by Crippen LogP contribution is 2.36. The molecule has 3 aromatic carbocycles. The Hall–Kier alpha value is -7.15.